The van der Waals surface area contributed by atoms with Gasteiger partial charge in [-0.15, -0.1) is 11.3 Å². The van der Waals surface area contributed by atoms with Crippen LogP contribution in [0.3, 0.4) is 0 Å². The monoisotopic (exact) mass is 323 g/mol. The molecule has 1 aromatic heterocycles. The Kier molecular flexibility index (Phi) is 3.41. The minimum absolute atomic E-state index is 0.210. The van der Waals surface area contributed by atoms with E-state index in [0.717, 1.165) is 22.4 Å². The van der Waals surface area contributed by atoms with Crippen LogP contribution in [-0.2, 0) is 13.0 Å². The lowest BCUT2D eigenvalue weighted by atomic mass is 10.1. The van der Waals surface area contributed by atoms with Crippen LogP contribution in [0.15, 0.2) is 34.1 Å². The SMILES string of the molecule is NC1CCc2cc(OCc3ccc(Br)s3)ccc21. The molecule has 1 heterocycles. The predicted molar refractivity (Wildman–Crippen MR) is 78.0 cm³/mol. The first-order valence-electron chi connectivity index (χ1n) is 5.98. The summed E-state index contributed by atoms with van der Waals surface area (Å²) < 4.78 is 6.95. The van der Waals surface area contributed by atoms with Crippen LogP contribution in [0.25, 0.3) is 0 Å². The summed E-state index contributed by atoms with van der Waals surface area (Å²) in [4.78, 5) is 1.22. The summed E-state index contributed by atoms with van der Waals surface area (Å²) in [5.74, 6) is 0.937. The van der Waals surface area contributed by atoms with Crippen LogP contribution in [-0.4, -0.2) is 0 Å². The van der Waals surface area contributed by atoms with Crippen molar-refractivity contribution in [2.24, 2.45) is 5.73 Å². The maximum absolute atomic E-state index is 6.02. The number of hydrogen-bond donors (Lipinski definition) is 1. The number of ether oxygens (including phenoxy) is 1. The third-order valence-corrected chi connectivity index (χ3v) is 4.85. The molecular weight excluding hydrogens is 310 g/mol. The van der Waals surface area contributed by atoms with Crippen molar-refractivity contribution in [3.8, 4) is 5.75 Å². The molecule has 0 aliphatic heterocycles. The lowest BCUT2D eigenvalue weighted by molar-refractivity contribution is 0.309. The normalized spacial score (nSPS) is 17.8. The number of hydrogen-bond acceptors (Lipinski definition) is 3. The molecule has 1 aromatic carbocycles. The molecule has 94 valence electrons. The Morgan fingerprint density at radius 2 is 2.22 bits per heavy atom. The van der Waals surface area contributed by atoms with Gasteiger partial charge in [0.2, 0.25) is 0 Å². The zero-order chi connectivity index (χ0) is 12.5. The summed E-state index contributed by atoms with van der Waals surface area (Å²) in [6.07, 6.45) is 2.12. The Morgan fingerprint density at radius 1 is 1.33 bits per heavy atom. The lowest BCUT2D eigenvalue weighted by Crippen LogP contribution is -2.04. The van der Waals surface area contributed by atoms with E-state index in [0.29, 0.717) is 6.61 Å². The predicted octanol–water partition coefficient (Wildman–Crippen LogP) is 4.04. The molecule has 0 amide bonds. The first-order chi connectivity index (χ1) is 8.72. The van der Waals surface area contributed by atoms with Crippen LogP contribution in [0, 0.1) is 0 Å². The van der Waals surface area contributed by atoms with Crippen LogP contribution >= 0.6 is 27.3 Å². The zero-order valence-corrected chi connectivity index (χ0v) is 12.3. The molecule has 0 radical (unpaired) electrons. The Balaban J connectivity index is 1.70. The highest BCUT2D eigenvalue weighted by Gasteiger charge is 2.19. The van der Waals surface area contributed by atoms with E-state index >= 15 is 0 Å². The van der Waals surface area contributed by atoms with E-state index < -0.39 is 0 Å². The summed E-state index contributed by atoms with van der Waals surface area (Å²) in [5, 5.41) is 0. The van der Waals surface area contributed by atoms with Gasteiger partial charge in [-0.1, -0.05) is 6.07 Å². The minimum Gasteiger partial charge on any atom is -0.488 e. The molecule has 2 aromatic rings. The van der Waals surface area contributed by atoms with Gasteiger partial charge in [0.15, 0.2) is 0 Å². The van der Waals surface area contributed by atoms with Crippen LogP contribution in [0.4, 0.5) is 0 Å². The van der Waals surface area contributed by atoms with Crippen molar-refractivity contribution in [3.05, 3.63) is 50.1 Å². The number of aryl methyl sites for hydroxylation is 1. The smallest absolute Gasteiger partial charge is 0.122 e. The van der Waals surface area contributed by atoms with Crippen LogP contribution in [0.5, 0.6) is 5.75 Å². The van der Waals surface area contributed by atoms with Gasteiger partial charge < -0.3 is 10.5 Å². The minimum atomic E-state index is 0.210. The molecule has 1 aliphatic carbocycles. The number of fused-ring (bicyclic) bond motifs is 1. The molecule has 0 saturated heterocycles. The van der Waals surface area contributed by atoms with Gasteiger partial charge in [-0.25, -0.2) is 0 Å². The van der Waals surface area contributed by atoms with Crippen molar-refractivity contribution in [2.45, 2.75) is 25.5 Å². The Bertz CT molecular complexity index is 567. The molecule has 4 heteroatoms. The molecule has 3 rings (SSSR count). The average molecular weight is 324 g/mol. The molecule has 2 N–H and O–H groups in total. The second-order valence-electron chi connectivity index (χ2n) is 4.50. The van der Waals surface area contributed by atoms with E-state index in [2.05, 4.69) is 34.1 Å². The molecule has 2 nitrogen and oxygen atoms in total. The third kappa shape index (κ3) is 2.46. The topological polar surface area (TPSA) is 35.2 Å². The largest absolute Gasteiger partial charge is 0.488 e. The maximum atomic E-state index is 6.02. The third-order valence-electron chi connectivity index (χ3n) is 3.25. The van der Waals surface area contributed by atoms with Crippen molar-refractivity contribution >= 4 is 27.3 Å². The number of nitrogens with two attached hydrogens (primary N) is 1. The molecule has 0 spiro atoms. The van der Waals surface area contributed by atoms with Crippen molar-refractivity contribution in [1.29, 1.82) is 0 Å². The van der Waals surface area contributed by atoms with Gasteiger partial charge in [-0.05, 0) is 64.2 Å². The maximum Gasteiger partial charge on any atom is 0.122 e. The fraction of sp³-hybridized carbons (Fsp3) is 0.286. The van der Waals surface area contributed by atoms with E-state index in [1.54, 1.807) is 11.3 Å². The van der Waals surface area contributed by atoms with Crippen LogP contribution < -0.4 is 10.5 Å². The fourth-order valence-electron chi connectivity index (χ4n) is 2.30. The van der Waals surface area contributed by atoms with E-state index in [4.69, 9.17) is 10.5 Å². The molecule has 1 atom stereocenters. The summed E-state index contributed by atoms with van der Waals surface area (Å²) in [7, 11) is 0. The molecule has 0 bridgehead atoms. The second-order valence-corrected chi connectivity index (χ2v) is 7.05. The van der Waals surface area contributed by atoms with E-state index in [1.807, 2.05) is 12.1 Å². The van der Waals surface area contributed by atoms with E-state index in [-0.39, 0.29) is 6.04 Å². The standard InChI is InChI=1S/C14H14BrNOS/c15-14-6-3-11(18-14)8-17-10-2-4-12-9(7-10)1-5-13(12)16/h2-4,6-7,13H,1,5,8,16H2. The summed E-state index contributed by atoms with van der Waals surface area (Å²) in [6.45, 7) is 0.626. The first-order valence-corrected chi connectivity index (χ1v) is 7.59. The Morgan fingerprint density at radius 3 is 3.00 bits per heavy atom. The molecule has 18 heavy (non-hydrogen) atoms. The van der Waals surface area contributed by atoms with Crippen LogP contribution in [0.2, 0.25) is 0 Å². The van der Waals surface area contributed by atoms with Crippen molar-refractivity contribution in [3.63, 3.8) is 0 Å². The van der Waals surface area contributed by atoms with Crippen molar-refractivity contribution in [2.75, 3.05) is 0 Å². The fourth-order valence-corrected chi connectivity index (χ4v) is 3.70. The van der Waals surface area contributed by atoms with Gasteiger partial charge in [0.1, 0.15) is 12.4 Å². The van der Waals surface area contributed by atoms with Gasteiger partial charge in [0, 0.05) is 10.9 Å². The average Bonchev–Trinajstić information content (AvgIpc) is 2.94. The van der Waals surface area contributed by atoms with Crippen molar-refractivity contribution < 1.29 is 4.74 Å². The van der Waals surface area contributed by atoms with Crippen LogP contribution in [0.1, 0.15) is 28.5 Å². The number of thiophene rings is 1. The second kappa shape index (κ2) is 5.03. The summed E-state index contributed by atoms with van der Waals surface area (Å²) >= 11 is 5.16. The molecule has 0 saturated carbocycles. The highest BCUT2D eigenvalue weighted by atomic mass is 79.9. The summed E-state index contributed by atoms with van der Waals surface area (Å²) in [6, 6.07) is 10.6. The zero-order valence-electron chi connectivity index (χ0n) is 9.86. The highest BCUT2D eigenvalue weighted by Crippen LogP contribution is 2.32. The van der Waals surface area contributed by atoms with Gasteiger partial charge in [0.25, 0.3) is 0 Å². The molecule has 0 fully saturated rings. The highest BCUT2D eigenvalue weighted by molar-refractivity contribution is 9.11. The van der Waals surface area contributed by atoms with Gasteiger partial charge >= 0.3 is 0 Å². The molecule has 1 aliphatic rings. The Labute approximate surface area is 119 Å². The summed E-state index contributed by atoms with van der Waals surface area (Å²) in [5.41, 5.74) is 8.64. The van der Waals surface area contributed by atoms with Crippen molar-refractivity contribution in [1.82, 2.24) is 0 Å². The molecule has 1 unspecified atom stereocenters. The lowest BCUT2D eigenvalue weighted by Gasteiger charge is -2.08. The number of halogens is 1. The van der Waals surface area contributed by atoms with Gasteiger partial charge in [-0.3, -0.25) is 0 Å². The van der Waals surface area contributed by atoms with E-state index in [1.165, 1.54) is 16.0 Å². The van der Waals surface area contributed by atoms with E-state index in [9.17, 15) is 0 Å². The number of rotatable bonds is 3. The Hall–Kier alpha value is -0.840. The quantitative estimate of drug-likeness (QED) is 0.925. The van der Waals surface area contributed by atoms with Gasteiger partial charge in [0.05, 0.1) is 3.79 Å². The number of benzene rings is 1. The first kappa shape index (κ1) is 12.2. The van der Waals surface area contributed by atoms with Gasteiger partial charge in [-0.2, -0.15) is 0 Å². The molecular formula is C14H14BrNOS.